The van der Waals surface area contributed by atoms with E-state index >= 15 is 0 Å². The number of pyridine rings is 1. The van der Waals surface area contributed by atoms with Crippen molar-refractivity contribution >= 4 is 43.2 Å². The van der Waals surface area contributed by atoms with Crippen molar-refractivity contribution in [1.82, 2.24) is 4.98 Å². The zero-order chi connectivity index (χ0) is 26.5. The minimum Gasteiger partial charge on any atom is -0.256 e. The number of fused-ring (bicyclic) bond motifs is 5. The van der Waals surface area contributed by atoms with Crippen LogP contribution in [0.5, 0.6) is 0 Å². The fraction of sp³-hybridized carbons (Fsp3) is 0. The van der Waals surface area contributed by atoms with E-state index in [1.54, 1.807) is 0 Å². The molecule has 8 aromatic rings. The maximum atomic E-state index is 4.74. The fourth-order valence-corrected chi connectivity index (χ4v) is 6.34. The first kappa shape index (κ1) is 22.7. The normalized spacial score (nSPS) is 11.5. The predicted octanol–water partition coefficient (Wildman–Crippen LogP) is 10.7. The monoisotopic (exact) mass is 507 g/mol. The standard InChI is InChI=1S/C39H25N/c1-3-12-26(13-4-1)38-32-18-9-10-19-33(32)39(27-14-5-2-6-15-27)36-24-28(21-22-34(36)38)35-25-37-31(20-11-23-40-37)29-16-7-8-17-30(29)35/h1-25H. The Morgan fingerprint density at radius 1 is 0.325 bits per heavy atom. The van der Waals surface area contributed by atoms with Crippen LogP contribution in [0.2, 0.25) is 0 Å². The molecule has 0 atom stereocenters. The lowest BCUT2D eigenvalue weighted by molar-refractivity contribution is 1.42. The molecule has 186 valence electrons. The second-order valence-electron chi connectivity index (χ2n) is 10.3. The Bertz CT molecular complexity index is 2200. The Hall–Kier alpha value is -5.27. The van der Waals surface area contributed by atoms with Crippen molar-refractivity contribution in [1.29, 1.82) is 0 Å². The van der Waals surface area contributed by atoms with Crippen LogP contribution in [0.4, 0.5) is 0 Å². The summed E-state index contributed by atoms with van der Waals surface area (Å²) in [5.74, 6) is 0. The van der Waals surface area contributed by atoms with Crippen LogP contribution in [0.25, 0.3) is 76.6 Å². The van der Waals surface area contributed by atoms with E-state index in [-0.39, 0.29) is 0 Å². The van der Waals surface area contributed by atoms with Gasteiger partial charge in [-0.05, 0) is 83.9 Å². The highest BCUT2D eigenvalue weighted by Crippen LogP contribution is 2.45. The molecule has 40 heavy (non-hydrogen) atoms. The average molecular weight is 508 g/mol. The van der Waals surface area contributed by atoms with Crippen molar-refractivity contribution in [3.8, 4) is 33.4 Å². The van der Waals surface area contributed by atoms with Crippen LogP contribution in [0.1, 0.15) is 0 Å². The van der Waals surface area contributed by atoms with Gasteiger partial charge in [0.2, 0.25) is 0 Å². The van der Waals surface area contributed by atoms with Crippen LogP contribution < -0.4 is 0 Å². The Morgan fingerprint density at radius 2 is 0.850 bits per heavy atom. The first-order valence-electron chi connectivity index (χ1n) is 13.7. The Balaban J connectivity index is 1.53. The summed E-state index contributed by atoms with van der Waals surface area (Å²) in [5.41, 5.74) is 8.43. The van der Waals surface area contributed by atoms with E-state index in [2.05, 4.69) is 140 Å². The van der Waals surface area contributed by atoms with E-state index in [4.69, 9.17) is 4.98 Å². The van der Waals surface area contributed by atoms with Gasteiger partial charge in [0.05, 0.1) is 5.52 Å². The summed E-state index contributed by atoms with van der Waals surface area (Å²) in [6.07, 6.45) is 1.88. The summed E-state index contributed by atoms with van der Waals surface area (Å²) in [5, 5.41) is 8.71. The molecule has 0 aliphatic rings. The molecule has 0 saturated carbocycles. The molecule has 1 heteroatoms. The van der Waals surface area contributed by atoms with Crippen LogP contribution in [-0.4, -0.2) is 4.98 Å². The lowest BCUT2D eigenvalue weighted by atomic mass is 9.84. The quantitative estimate of drug-likeness (QED) is 0.171. The van der Waals surface area contributed by atoms with Gasteiger partial charge in [0.25, 0.3) is 0 Å². The fourth-order valence-electron chi connectivity index (χ4n) is 6.34. The molecule has 0 spiro atoms. The molecule has 0 N–H and O–H groups in total. The van der Waals surface area contributed by atoms with Crippen molar-refractivity contribution in [2.24, 2.45) is 0 Å². The van der Waals surface area contributed by atoms with Crippen LogP contribution in [-0.2, 0) is 0 Å². The van der Waals surface area contributed by atoms with E-state index in [1.807, 2.05) is 12.3 Å². The van der Waals surface area contributed by atoms with Crippen LogP contribution in [0, 0.1) is 0 Å². The molecule has 1 aromatic heterocycles. The van der Waals surface area contributed by atoms with Gasteiger partial charge < -0.3 is 0 Å². The molecule has 7 aromatic carbocycles. The molecule has 0 aliphatic carbocycles. The molecule has 0 fully saturated rings. The summed E-state index contributed by atoms with van der Waals surface area (Å²) in [7, 11) is 0. The van der Waals surface area contributed by atoms with E-state index in [9.17, 15) is 0 Å². The van der Waals surface area contributed by atoms with Crippen molar-refractivity contribution in [3.05, 3.63) is 152 Å². The third-order valence-corrected chi connectivity index (χ3v) is 8.09. The second kappa shape index (κ2) is 9.18. The van der Waals surface area contributed by atoms with Gasteiger partial charge in [-0.3, -0.25) is 4.98 Å². The summed E-state index contributed by atoms with van der Waals surface area (Å²) in [6.45, 7) is 0. The highest BCUT2D eigenvalue weighted by molar-refractivity contribution is 6.22. The number of rotatable bonds is 3. The lowest BCUT2D eigenvalue weighted by Gasteiger charge is -2.19. The average Bonchev–Trinajstić information content (AvgIpc) is 3.03. The first-order chi connectivity index (χ1) is 19.9. The van der Waals surface area contributed by atoms with Gasteiger partial charge in [0.15, 0.2) is 0 Å². The molecular weight excluding hydrogens is 482 g/mol. The Morgan fingerprint density at radius 3 is 1.52 bits per heavy atom. The van der Waals surface area contributed by atoms with Gasteiger partial charge in [-0.15, -0.1) is 0 Å². The minimum absolute atomic E-state index is 1.02. The zero-order valence-electron chi connectivity index (χ0n) is 21.9. The Kier molecular flexibility index (Phi) is 5.21. The van der Waals surface area contributed by atoms with Crippen LogP contribution in [0.3, 0.4) is 0 Å². The molecule has 0 radical (unpaired) electrons. The maximum absolute atomic E-state index is 4.74. The van der Waals surface area contributed by atoms with Crippen molar-refractivity contribution in [2.45, 2.75) is 0 Å². The van der Waals surface area contributed by atoms with Gasteiger partial charge in [-0.1, -0.05) is 127 Å². The highest BCUT2D eigenvalue weighted by atomic mass is 14.6. The summed E-state index contributed by atoms with van der Waals surface area (Å²) in [6, 6.07) is 52.6. The predicted molar refractivity (Wildman–Crippen MR) is 171 cm³/mol. The number of benzene rings is 7. The topological polar surface area (TPSA) is 12.9 Å². The SMILES string of the molecule is c1ccc(-c2c3ccccc3c(-c3ccccc3)c3cc(-c4cc5ncccc5c5ccccc45)ccc23)cc1. The Labute approximate surface area is 233 Å². The van der Waals surface area contributed by atoms with Crippen molar-refractivity contribution in [2.75, 3.05) is 0 Å². The number of hydrogen-bond donors (Lipinski definition) is 0. The van der Waals surface area contributed by atoms with Gasteiger partial charge >= 0.3 is 0 Å². The van der Waals surface area contributed by atoms with Gasteiger partial charge in [0, 0.05) is 11.6 Å². The molecule has 1 nitrogen and oxygen atoms in total. The molecule has 0 aliphatic heterocycles. The number of hydrogen-bond acceptors (Lipinski definition) is 1. The van der Waals surface area contributed by atoms with E-state index in [0.717, 1.165) is 5.52 Å². The summed E-state index contributed by atoms with van der Waals surface area (Å²) in [4.78, 5) is 4.74. The molecule has 0 bridgehead atoms. The van der Waals surface area contributed by atoms with E-state index < -0.39 is 0 Å². The smallest absolute Gasteiger partial charge is 0.0714 e. The van der Waals surface area contributed by atoms with E-state index in [0.29, 0.717) is 0 Å². The number of nitrogens with zero attached hydrogens (tertiary/aromatic N) is 1. The molecule has 0 saturated heterocycles. The third-order valence-electron chi connectivity index (χ3n) is 8.09. The molecule has 1 heterocycles. The van der Waals surface area contributed by atoms with Crippen molar-refractivity contribution < 1.29 is 0 Å². The van der Waals surface area contributed by atoms with E-state index in [1.165, 1.54) is 71.1 Å². The third kappa shape index (κ3) is 3.52. The summed E-state index contributed by atoms with van der Waals surface area (Å²) >= 11 is 0. The second-order valence-corrected chi connectivity index (χ2v) is 10.3. The van der Waals surface area contributed by atoms with Crippen molar-refractivity contribution in [3.63, 3.8) is 0 Å². The zero-order valence-corrected chi connectivity index (χ0v) is 21.9. The lowest BCUT2D eigenvalue weighted by Crippen LogP contribution is -1.92. The molecule has 0 unspecified atom stereocenters. The van der Waals surface area contributed by atoms with Gasteiger partial charge in [-0.2, -0.15) is 0 Å². The maximum Gasteiger partial charge on any atom is 0.0714 e. The molecular formula is C39H25N. The minimum atomic E-state index is 1.02. The first-order valence-corrected chi connectivity index (χ1v) is 13.7. The van der Waals surface area contributed by atoms with Crippen LogP contribution >= 0.6 is 0 Å². The molecule has 0 amide bonds. The van der Waals surface area contributed by atoms with Gasteiger partial charge in [-0.25, -0.2) is 0 Å². The van der Waals surface area contributed by atoms with Gasteiger partial charge in [0.1, 0.15) is 0 Å². The highest BCUT2D eigenvalue weighted by Gasteiger charge is 2.18. The molecule has 8 rings (SSSR count). The largest absolute Gasteiger partial charge is 0.256 e. The summed E-state index contributed by atoms with van der Waals surface area (Å²) < 4.78 is 0. The number of aromatic nitrogens is 1. The van der Waals surface area contributed by atoms with Crippen LogP contribution in [0.15, 0.2) is 152 Å².